The van der Waals surface area contributed by atoms with Gasteiger partial charge in [-0.25, -0.2) is 4.39 Å². The van der Waals surface area contributed by atoms with Crippen molar-refractivity contribution in [3.05, 3.63) is 59.4 Å². The molecule has 2 aromatic rings. The third-order valence-corrected chi connectivity index (χ3v) is 2.77. The fourth-order valence-electron chi connectivity index (χ4n) is 1.69. The zero-order chi connectivity index (χ0) is 13.1. The fraction of sp³-hybridized carbons (Fsp3) is 0.200. The first-order chi connectivity index (χ1) is 8.58. The summed E-state index contributed by atoms with van der Waals surface area (Å²) in [5.41, 5.74) is 7.32. The first kappa shape index (κ1) is 12.6. The van der Waals surface area contributed by atoms with E-state index < -0.39 is 0 Å². The average Bonchev–Trinajstić information content (AvgIpc) is 2.35. The molecule has 94 valence electrons. The topological polar surface area (TPSA) is 35.2 Å². The molecule has 2 nitrogen and oxygen atoms in total. The molecule has 1 atom stereocenters. The lowest BCUT2D eigenvalue weighted by Crippen LogP contribution is -2.04. The van der Waals surface area contributed by atoms with Crippen LogP contribution in [0.25, 0.3) is 0 Å². The number of nitrogens with two attached hydrogens (primary N) is 1. The van der Waals surface area contributed by atoms with Gasteiger partial charge in [0.25, 0.3) is 0 Å². The Morgan fingerprint density at radius 2 is 1.89 bits per heavy atom. The van der Waals surface area contributed by atoms with Crippen LogP contribution in [0.5, 0.6) is 11.5 Å². The van der Waals surface area contributed by atoms with Gasteiger partial charge in [-0.05, 0) is 43.2 Å². The lowest BCUT2D eigenvalue weighted by atomic mass is 10.1. The third-order valence-electron chi connectivity index (χ3n) is 2.77. The summed E-state index contributed by atoms with van der Waals surface area (Å²) in [7, 11) is 0. The normalized spacial score (nSPS) is 12.2. The first-order valence-corrected chi connectivity index (χ1v) is 5.86. The van der Waals surface area contributed by atoms with Crippen molar-refractivity contribution < 1.29 is 9.13 Å². The number of halogens is 1. The number of hydrogen-bond acceptors (Lipinski definition) is 2. The molecule has 0 bridgehead atoms. The Bertz CT molecular complexity index is 552. The highest BCUT2D eigenvalue weighted by Crippen LogP contribution is 2.27. The molecule has 0 aliphatic carbocycles. The van der Waals surface area contributed by atoms with Crippen LogP contribution in [-0.2, 0) is 0 Å². The zero-order valence-electron chi connectivity index (χ0n) is 10.5. The Morgan fingerprint density at radius 1 is 1.17 bits per heavy atom. The summed E-state index contributed by atoms with van der Waals surface area (Å²) >= 11 is 0. The Labute approximate surface area is 106 Å². The summed E-state index contributed by atoms with van der Waals surface area (Å²) in [5.74, 6) is 0.495. The molecule has 2 N–H and O–H groups in total. The zero-order valence-corrected chi connectivity index (χ0v) is 10.5. The van der Waals surface area contributed by atoms with Gasteiger partial charge in [0.2, 0.25) is 0 Å². The molecule has 0 aliphatic rings. The summed E-state index contributed by atoms with van der Waals surface area (Å²) in [4.78, 5) is 0. The maximum atomic E-state index is 13.8. The molecule has 2 rings (SSSR count). The van der Waals surface area contributed by atoms with Gasteiger partial charge >= 0.3 is 0 Å². The number of benzene rings is 2. The highest BCUT2D eigenvalue weighted by atomic mass is 19.1. The van der Waals surface area contributed by atoms with Crippen LogP contribution >= 0.6 is 0 Å². The van der Waals surface area contributed by atoms with E-state index in [9.17, 15) is 4.39 Å². The van der Waals surface area contributed by atoms with Gasteiger partial charge in [0, 0.05) is 6.04 Å². The van der Waals surface area contributed by atoms with Crippen LogP contribution in [-0.4, -0.2) is 0 Å². The van der Waals surface area contributed by atoms with Crippen molar-refractivity contribution in [2.75, 3.05) is 0 Å². The van der Waals surface area contributed by atoms with Crippen LogP contribution in [0.2, 0.25) is 0 Å². The van der Waals surface area contributed by atoms with Crippen molar-refractivity contribution in [1.29, 1.82) is 0 Å². The van der Waals surface area contributed by atoms with E-state index in [0.29, 0.717) is 11.3 Å². The summed E-state index contributed by atoms with van der Waals surface area (Å²) in [5, 5.41) is 0. The molecule has 0 saturated heterocycles. The summed E-state index contributed by atoms with van der Waals surface area (Å²) in [6, 6.07) is 12.4. The van der Waals surface area contributed by atoms with E-state index in [4.69, 9.17) is 10.5 Å². The summed E-state index contributed by atoms with van der Waals surface area (Å²) < 4.78 is 19.3. The van der Waals surface area contributed by atoms with Crippen molar-refractivity contribution in [3.63, 3.8) is 0 Å². The van der Waals surface area contributed by atoms with Gasteiger partial charge in [-0.2, -0.15) is 0 Å². The molecule has 18 heavy (non-hydrogen) atoms. The number of hydrogen-bond donors (Lipinski definition) is 1. The van der Waals surface area contributed by atoms with Crippen LogP contribution in [0, 0.1) is 12.7 Å². The van der Waals surface area contributed by atoms with Crippen molar-refractivity contribution in [3.8, 4) is 11.5 Å². The lowest BCUT2D eigenvalue weighted by molar-refractivity contribution is 0.439. The molecule has 0 heterocycles. The molecule has 0 radical (unpaired) electrons. The lowest BCUT2D eigenvalue weighted by Gasteiger charge is -2.11. The van der Waals surface area contributed by atoms with Gasteiger partial charge < -0.3 is 10.5 Å². The second-order valence-corrected chi connectivity index (χ2v) is 4.35. The molecule has 0 spiro atoms. The van der Waals surface area contributed by atoms with E-state index in [-0.39, 0.29) is 17.6 Å². The van der Waals surface area contributed by atoms with E-state index in [1.165, 1.54) is 0 Å². The van der Waals surface area contributed by atoms with Crippen LogP contribution in [0.4, 0.5) is 4.39 Å². The quantitative estimate of drug-likeness (QED) is 0.888. The van der Waals surface area contributed by atoms with Crippen LogP contribution in [0.3, 0.4) is 0 Å². The van der Waals surface area contributed by atoms with Gasteiger partial charge in [-0.3, -0.25) is 0 Å². The van der Waals surface area contributed by atoms with E-state index in [1.807, 2.05) is 25.1 Å². The molecule has 0 fully saturated rings. The Kier molecular flexibility index (Phi) is 3.63. The highest BCUT2D eigenvalue weighted by Gasteiger charge is 2.08. The minimum Gasteiger partial charge on any atom is -0.454 e. The minimum absolute atomic E-state index is 0.0732. The Morgan fingerprint density at radius 3 is 2.61 bits per heavy atom. The third kappa shape index (κ3) is 2.68. The molecule has 0 aliphatic heterocycles. The largest absolute Gasteiger partial charge is 0.454 e. The van der Waals surface area contributed by atoms with Gasteiger partial charge in [-0.1, -0.05) is 24.3 Å². The molecule has 0 saturated carbocycles. The molecule has 0 amide bonds. The smallest absolute Gasteiger partial charge is 0.168 e. The molecule has 3 heteroatoms. The molecular formula is C15H16FNO. The SMILES string of the molecule is Cc1cccc(Oc2cccc(C(C)N)c2)c1F. The van der Waals surface area contributed by atoms with E-state index in [2.05, 4.69) is 0 Å². The van der Waals surface area contributed by atoms with Crippen LogP contribution < -0.4 is 10.5 Å². The highest BCUT2D eigenvalue weighted by molar-refractivity contribution is 5.37. The van der Waals surface area contributed by atoms with Crippen LogP contribution in [0.15, 0.2) is 42.5 Å². The Hall–Kier alpha value is -1.87. The Balaban J connectivity index is 2.28. The monoisotopic (exact) mass is 245 g/mol. The minimum atomic E-state index is -0.330. The van der Waals surface area contributed by atoms with Crippen molar-refractivity contribution >= 4 is 0 Å². The van der Waals surface area contributed by atoms with Crippen molar-refractivity contribution in [2.45, 2.75) is 19.9 Å². The van der Waals surface area contributed by atoms with E-state index in [1.54, 1.807) is 31.2 Å². The molecule has 2 aromatic carbocycles. The predicted octanol–water partition coefficient (Wildman–Crippen LogP) is 3.95. The average molecular weight is 245 g/mol. The van der Waals surface area contributed by atoms with E-state index >= 15 is 0 Å². The van der Waals surface area contributed by atoms with Crippen molar-refractivity contribution in [1.82, 2.24) is 0 Å². The number of ether oxygens (including phenoxy) is 1. The van der Waals surface area contributed by atoms with Crippen molar-refractivity contribution in [2.24, 2.45) is 5.73 Å². The molecule has 0 aromatic heterocycles. The first-order valence-electron chi connectivity index (χ1n) is 5.86. The predicted molar refractivity (Wildman–Crippen MR) is 70.3 cm³/mol. The second-order valence-electron chi connectivity index (χ2n) is 4.35. The molecule has 1 unspecified atom stereocenters. The van der Waals surface area contributed by atoms with Crippen LogP contribution in [0.1, 0.15) is 24.1 Å². The van der Waals surface area contributed by atoms with Gasteiger partial charge in [0.15, 0.2) is 11.6 Å². The molecular weight excluding hydrogens is 229 g/mol. The maximum absolute atomic E-state index is 13.8. The van der Waals surface area contributed by atoms with E-state index in [0.717, 1.165) is 5.56 Å². The summed E-state index contributed by atoms with van der Waals surface area (Å²) in [6.07, 6.45) is 0. The maximum Gasteiger partial charge on any atom is 0.168 e. The number of rotatable bonds is 3. The standard InChI is InChI=1S/C15H16FNO/c1-10-5-3-8-14(15(10)16)18-13-7-4-6-12(9-13)11(2)17/h3-9,11H,17H2,1-2H3. The van der Waals surface area contributed by atoms with Gasteiger partial charge in [0.1, 0.15) is 5.75 Å². The van der Waals surface area contributed by atoms with Gasteiger partial charge in [0.05, 0.1) is 0 Å². The second kappa shape index (κ2) is 5.19. The van der Waals surface area contributed by atoms with Gasteiger partial charge in [-0.15, -0.1) is 0 Å². The number of aryl methyl sites for hydroxylation is 1. The fourth-order valence-corrected chi connectivity index (χ4v) is 1.69. The summed E-state index contributed by atoms with van der Waals surface area (Å²) in [6.45, 7) is 3.60.